The maximum absolute atomic E-state index is 6.08. The highest BCUT2D eigenvalue weighted by atomic mass is 16.7. The van der Waals surface area contributed by atoms with Crippen molar-refractivity contribution in [3.8, 4) is 17.2 Å². The molecule has 2 atom stereocenters. The molecule has 0 bridgehead atoms. The van der Waals surface area contributed by atoms with Crippen molar-refractivity contribution in [2.24, 2.45) is 0 Å². The van der Waals surface area contributed by atoms with E-state index in [0.717, 1.165) is 31.4 Å². The van der Waals surface area contributed by atoms with Gasteiger partial charge in [0.1, 0.15) is 0 Å². The van der Waals surface area contributed by atoms with Crippen LogP contribution >= 0.6 is 0 Å². The molecule has 1 aliphatic rings. The topological polar surface area (TPSA) is 64.0 Å². The summed E-state index contributed by atoms with van der Waals surface area (Å²) in [4.78, 5) is 4.07. The Bertz CT molecular complexity index is 664. The van der Waals surface area contributed by atoms with E-state index >= 15 is 0 Å². The second kappa shape index (κ2) is 8.91. The third-order valence-electron chi connectivity index (χ3n) is 4.44. The van der Waals surface area contributed by atoms with Gasteiger partial charge in [-0.25, -0.2) is 4.98 Å². The van der Waals surface area contributed by atoms with Gasteiger partial charge in [-0.3, -0.25) is 0 Å². The van der Waals surface area contributed by atoms with Gasteiger partial charge in [0.15, 0.2) is 17.8 Å². The fraction of sp³-hybridized carbons (Fsp3) is 0.526. The van der Waals surface area contributed by atoms with Gasteiger partial charge < -0.3 is 28.3 Å². The Labute approximate surface area is 153 Å². The van der Waals surface area contributed by atoms with Crippen LogP contribution in [0.4, 0.5) is 0 Å². The minimum Gasteiger partial charge on any atom is -0.493 e. The van der Waals surface area contributed by atoms with Gasteiger partial charge in [-0.2, -0.15) is 0 Å². The zero-order valence-corrected chi connectivity index (χ0v) is 15.5. The van der Waals surface area contributed by atoms with Crippen molar-refractivity contribution >= 4 is 0 Å². The molecule has 2 unspecified atom stereocenters. The van der Waals surface area contributed by atoms with Crippen LogP contribution in [-0.4, -0.2) is 43.3 Å². The van der Waals surface area contributed by atoms with E-state index in [9.17, 15) is 0 Å². The number of hydrogen-bond donors (Lipinski definition) is 0. The van der Waals surface area contributed by atoms with Crippen molar-refractivity contribution < 1.29 is 23.7 Å². The normalized spacial score (nSPS) is 20.0. The Balaban J connectivity index is 1.59. The summed E-state index contributed by atoms with van der Waals surface area (Å²) in [5.41, 5.74) is 0.944. The lowest BCUT2D eigenvalue weighted by Gasteiger charge is -2.30. The standard InChI is InChI=1S/C19H26N2O5/c1-22-16-9-14(10-17(23-2)19(16)24-3)12-25-18-6-4-5-15(26-18)11-21-8-7-20-13-21/h7-10,13,15,18H,4-6,11-12H2,1-3H3. The van der Waals surface area contributed by atoms with Crippen molar-refractivity contribution in [3.05, 3.63) is 36.4 Å². The highest BCUT2D eigenvalue weighted by Gasteiger charge is 2.23. The van der Waals surface area contributed by atoms with Crippen molar-refractivity contribution in [3.63, 3.8) is 0 Å². The largest absolute Gasteiger partial charge is 0.493 e. The lowest BCUT2D eigenvalue weighted by Crippen LogP contribution is -2.32. The van der Waals surface area contributed by atoms with Crippen molar-refractivity contribution in [1.82, 2.24) is 9.55 Å². The highest BCUT2D eigenvalue weighted by Crippen LogP contribution is 2.38. The number of nitrogens with zero attached hydrogens (tertiary/aromatic N) is 2. The number of aromatic nitrogens is 2. The summed E-state index contributed by atoms with van der Waals surface area (Å²) in [6.45, 7) is 1.21. The van der Waals surface area contributed by atoms with Crippen molar-refractivity contribution in [2.45, 2.75) is 44.8 Å². The van der Waals surface area contributed by atoms with E-state index in [0.29, 0.717) is 23.9 Å². The third kappa shape index (κ3) is 4.47. The maximum atomic E-state index is 6.08. The molecule has 0 N–H and O–H groups in total. The van der Waals surface area contributed by atoms with Crippen LogP contribution in [0.2, 0.25) is 0 Å². The number of benzene rings is 1. The average Bonchev–Trinajstić information content (AvgIpc) is 3.18. The average molecular weight is 362 g/mol. The molecular weight excluding hydrogens is 336 g/mol. The van der Waals surface area contributed by atoms with E-state index < -0.39 is 0 Å². The number of imidazole rings is 1. The number of ether oxygens (including phenoxy) is 5. The van der Waals surface area contributed by atoms with Crippen LogP contribution in [0.25, 0.3) is 0 Å². The van der Waals surface area contributed by atoms with E-state index in [1.54, 1.807) is 27.5 Å². The Morgan fingerprint density at radius 3 is 2.50 bits per heavy atom. The lowest BCUT2D eigenvalue weighted by atomic mass is 10.1. The molecule has 0 radical (unpaired) electrons. The summed E-state index contributed by atoms with van der Waals surface area (Å²) in [6, 6.07) is 3.79. The fourth-order valence-corrected chi connectivity index (χ4v) is 3.16. The SMILES string of the molecule is COc1cc(COC2CCCC(Cn3ccnc3)O2)cc(OC)c1OC. The molecule has 2 aromatic rings. The summed E-state index contributed by atoms with van der Waals surface area (Å²) in [6.07, 6.45) is 8.47. The first-order valence-corrected chi connectivity index (χ1v) is 8.75. The number of rotatable bonds is 8. The van der Waals surface area contributed by atoms with Gasteiger partial charge in [-0.15, -0.1) is 0 Å². The summed E-state index contributed by atoms with van der Waals surface area (Å²) < 4.78 is 30.2. The number of methoxy groups -OCH3 is 3. The zero-order chi connectivity index (χ0) is 18.4. The molecule has 1 aromatic heterocycles. The molecule has 7 heteroatoms. The lowest BCUT2D eigenvalue weighted by molar-refractivity contribution is -0.201. The van der Waals surface area contributed by atoms with Crippen LogP contribution in [0.1, 0.15) is 24.8 Å². The van der Waals surface area contributed by atoms with Crippen LogP contribution in [0.15, 0.2) is 30.9 Å². The van der Waals surface area contributed by atoms with E-state index in [2.05, 4.69) is 4.98 Å². The highest BCUT2D eigenvalue weighted by molar-refractivity contribution is 5.53. The van der Waals surface area contributed by atoms with Gasteiger partial charge >= 0.3 is 0 Å². The van der Waals surface area contributed by atoms with Crippen LogP contribution in [-0.2, 0) is 22.6 Å². The Morgan fingerprint density at radius 1 is 1.12 bits per heavy atom. The molecule has 7 nitrogen and oxygen atoms in total. The molecule has 0 spiro atoms. The van der Waals surface area contributed by atoms with E-state index in [1.807, 2.05) is 29.2 Å². The molecule has 26 heavy (non-hydrogen) atoms. The van der Waals surface area contributed by atoms with Crippen LogP contribution in [0, 0.1) is 0 Å². The Morgan fingerprint density at radius 2 is 1.88 bits per heavy atom. The maximum Gasteiger partial charge on any atom is 0.203 e. The first-order chi connectivity index (χ1) is 12.7. The molecule has 1 fully saturated rings. The van der Waals surface area contributed by atoms with Gasteiger partial charge in [0.25, 0.3) is 0 Å². The van der Waals surface area contributed by atoms with Gasteiger partial charge in [-0.05, 0) is 37.0 Å². The van der Waals surface area contributed by atoms with Gasteiger partial charge in [-0.1, -0.05) is 0 Å². The summed E-state index contributed by atoms with van der Waals surface area (Å²) in [5, 5.41) is 0. The third-order valence-corrected chi connectivity index (χ3v) is 4.44. The quantitative estimate of drug-likeness (QED) is 0.719. The predicted molar refractivity (Wildman–Crippen MR) is 95.6 cm³/mol. The molecular formula is C19H26N2O5. The second-order valence-electron chi connectivity index (χ2n) is 6.22. The second-order valence-corrected chi connectivity index (χ2v) is 6.22. The minimum atomic E-state index is -0.212. The van der Waals surface area contributed by atoms with Gasteiger partial charge in [0.2, 0.25) is 5.75 Å². The van der Waals surface area contributed by atoms with Gasteiger partial charge in [0, 0.05) is 18.9 Å². The molecule has 1 aliphatic heterocycles. The van der Waals surface area contributed by atoms with Crippen LogP contribution in [0.5, 0.6) is 17.2 Å². The minimum absolute atomic E-state index is 0.142. The van der Waals surface area contributed by atoms with Gasteiger partial charge in [0.05, 0.1) is 40.4 Å². The van der Waals surface area contributed by atoms with Crippen LogP contribution in [0.3, 0.4) is 0 Å². The molecule has 2 heterocycles. The first-order valence-electron chi connectivity index (χ1n) is 8.75. The van der Waals surface area contributed by atoms with Crippen molar-refractivity contribution in [1.29, 1.82) is 0 Å². The van der Waals surface area contributed by atoms with Crippen molar-refractivity contribution in [2.75, 3.05) is 21.3 Å². The van der Waals surface area contributed by atoms with E-state index in [-0.39, 0.29) is 12.4 Å². The fourth-order valence-electron chi connectivity index (χ4n) is 3.16. The molecule has 3 rings (SSSR count). The smallest absolute Gasteiger partial charge is 0.203 e. The zero-order valence-electron chi connectivity index (χ0n) is 15.5. The molecule has 0 saturated carbocycles. The monoisotopic (exact) mass is 362 g/mol. The molecule has 0 aliphatic carbocycles. The van der Waals surface area contributed by atoms with E-state index in [1.165, 1.54) is 0 Å². The molecule has 142 valence electrons. The summed E-state index contributed by atoms with van der Waals surface area (Å²) >= 11 is 0. The molecule has 1 aromatic carbocycles. The Kier molecular flexibility index (Phi) is 6.35. The summed E-state index contributed by atoms with van der Waals surface area (Å²) in [7, 11) is 4.80. The Hall–Kier alpha value is -2.25. The molecule has 0 amide bonds. The van der Waals surface area contributed by atoms with E-state index in [4.69, 9.17) is 23.7 Å². The molecule has 1 saturated heterocycles. The number of hydrogen-bond acceptors (Lipinski definition) is 6. The van der Waals surface area contributed by atoms with Crippen LogP contribution < -0.4 is 14.2 Å². The first kappa shape index (κ1) is 18.5. The summed E-state index contributed by atoms with van der Waals surface area (Å²) in [5.74, 6) is 1.81. The predicted octanol–water partition coefficient (Wildman–Crippen LogP) is 3.02.